The maximum atomic E-state index is 11.7. The molecule has 1 aliphatic heterocycles. The lowest BCUT2D eigenvalue weighted by Gasteiger charge is -2.09. The van der Waals surface area contributed by atoms with Crippen LogP contribution in [0.4, 0.5) is 0 Å². The molecule has 1 amide bonds. The zero-order valence-electron chi connectivity index (χ0n) is 14.1. The van der Waals surface area contributed by atoms with Gasteiger partial charge in [0.15, 0.2) is 0 Å². The Morgan fingerprint density at radius 1 is 1.12 bits per heavy atom. The summed E-state index contributed by atoms with van der Waals surface area (Å²) < 4.78 is 6.33. The SMILES string of the molecule is CC(C)c1ccc(COc2ccc(/C=C3\SC(=S)NC3=O)cc2)cc1. The quantitative estimate of drug-likeness (QED) is 0.602. The van der Waals surface area contributed by atoms with Crippen LogP contribution in [0.1, 0.15) is 36.5 Å². The smallest absolute Gasteiger partial charge is 0.263 e. The largest absolute Gasteiger partial charge is 0.489 e. The molecule has 128 valence electrons. The molecule has 0 saturated carbocycles. The third-order valence-corrected chi connectivity index (χ3v) is 5.03. The molecule has 0 atom stereocenters. The van der Waals surface area contributed by atoms with Gasteiger partial charge in [-0.05, 0) is 40.8 Å². The molecule has 1 saturated heterocycles. The number of carbonyl (C=O) groups is 1. The summed E-state index contributed by atoms with van der Waals surface area (Å²) in [7, 11) is 0. The minimum Gasteiger partial charge on any atom is -0.489 e. The maximum absolute atomic E-state index is 11.7. The highest BCUT2D eigenvalue weighted by molar-refractivity contribution is 8.26. The second-order valence-electron chi connectivity index (χ2n) is 6.11. The lowest BCUT2D eigenvalue weighted by molar-refractivity contribution is -0.115. The molecule has 1 aliphatic rings. The van der Waals surface area contributed by atoms with Gasteiger partial charge in [-0.1, -0.05) is 74.2 Å². The van der Waals surface area contributed by atoms with Crippen molar-refractivity contribution in [3.63, 3.8) is 0 Å². The monoisotopic (exact) mass is 369 g/mol. The van der Waals surface area contributed by atoms with Crippen molar-refractivity contribution in [3.8, 4) is 5.75 Å². The Balaban J connectivity index is 1.60. The molecule has 1 heterocycles. The van der Waals surface area contributed by atoms with E-state index in [9.17, 15) is 4.79 Å². The minimum atomic E-state index is -0.139. The number of thioether (sulfide) groups is 1. The number of rotatable bonds is 5. The van der Waals surface area contributed by atoms with Gasteiger partial charge in [-0.3, -0.25) is 4.79 Å². The Morgan fingerprint density at radius 3 is 2.36 bits per heavy atom. The van der Waals surface area contributed by atoms with Crippen molar-refractivity contribution >= 4 is 40.3 Å². The minimum absolute atomic E-state index is 0.139. The van der Waals surface area contributed by atoms with E-state index in [4.69, 9.17) is 17.0 Å². The van der Waals surface area contributed by atoms with Crippen LogP contribution in [0.2, 0.25) is 0 Å². The lowest BCUT2D eigenvalue weighted by Crippen LogP contribution is -2.17. The number of hydrogen-bond acceptors (Lipinski definition) is 4. The van der Waals surface area contributed by atoms with Crippen LogP contribution in [-0.2, 0) is 11.4 Å². The van der Waals surface area contributed by atoms with E-state index in [-0.39, 0.29) is 5.91 Å². The Labute approximate surface area is 157 Å². The van der Waals surface area contributed by atoms with E-state index in [1.54, 1.807) is 0 Å². The van der Waals surface area contributed by atoms with Crippen LogP contribution in [-0.4, -0.2) is 10.2 Å². The van der Waals surface area contributed by atoms with Gasteiger partial charge in [-0.25, -0.2) is 0 Å². The van der Waals surface area contributed by atoms with Crippen LogP contribution in [0.15, 0.2) is 53.4 Å². The average Bonchev–Trinajstić information content (AvgIpc) is 2.92. The number of benzene rings is 2. The Morgan fingerprint density at radius 2 is 1.80 bits per heavy atom. The van der Waals surface area contributed by atoms with Gasteiger partial charge in [-0.15, -0.1) is 0 Å². The van der Waals surface area contributed by atoms with E-state index in [1.807, 2.05) is 30.3 Å². The molecule has 5 heteroatoms. The summed E-state index contributed by atoms with van der Waals surface area (Å²) in [5.74, 6) is 1.19. The fourth-order valence-corrected chi connectivity index (χ4v) is 3.44. The Hall–Kier alpha value is -2.11. The van der Waals surface area contributed by atoms with Crippen molar-refractivity contribution in [3.05, 3.63) is 70.1 Å². The normalized spacial score (nSPS) is 15.7. The van der Waals surface area contributed by atoms with E-state index < -0.39 is 0 Å². The second kappa shape index (κ2) is 7.85. The van der Waals surface area contributed by atoms with E-state index in [0.29, 0.717) is 21.8 Å². The molecule has 3 nitrogen and oxygen atoms in total. The summed E-state index contributed by atoms with van der Waals surface area (Å²) in [5, 5.41) is 2.61. The van der Waals surface area contributed by atoms with Gasteiger partial charge in [-0.2, -0.15) is 0 Å². The number of amides is 1. The van der Waals surface area contributed by atoms with Crippen LogP contribution < -0.4 is 10.1 Å². The van der Waals surface area contributed by atoms with Crippen molar-refractivity contribution in [1.29, 1.82) is 0 Å². The molecule has 25 heavy (non-hydrogen) atoms. The summed E-state index contributed by atoms with van der Waals surface area (Å²) in [5.41, 5.74) is 3.41. The third kappa shape index (κ3) is 4.71. The van der Waals surface area contributed by atoms with Gasteiger partial charge in [0.25, 0.3) is 5.91 Å². The molecule has 3 rings (SSSR count). The molecular formula is C20H19NO2S2. The molecule has 0 bridgehead atoms. The van der Waals surface area contributed by atoms with Crippen LogP contribution in [0.3, 0.4) is 0 Å². The highest BCUT2D eigenvalue weighted by atomic mass is 32.2. The van der Waals surface area contributed by atoms with Gasteiger partial charge < -0.3 is 10.1 Å². The molecule has 1 fully saturated rings. The van der Waals surface area contributed by atoms with Gasteiger partial charge in [0.2, 0.25) is 0 Å². The molecule has 2 aromatic carbocycles. The van der Waals surface area contributed by atoms with E-state index in [1.165, 1.54) is 17.3 Å². The highest BCUT2D eigenvalue weighted by Crippen LogP contribution is 2.26. The average molecular weight is 370 g/mol. The van der Waals surface area contributed by atoms with Gasteiger partial charge >= 0.3 is 0 Å². The number of hydrogen-bond donors (Lipinski definition) is 1. The summed E-state index contributed by atoms with van der Waals surface area (Å²) in [6.07, 6.45) is 1.83. The van der Waals surface area contributed by atoms with Crippen LogP contribution >= 0.6 is 24.0 Å². The van der Waals surface area contributed by atoms with Crippen molar-refractivity contribution < 1.29 is 9.53 Å². The summed E-state index contributed by atoms with van der Waals surface area (Å²) in [4.78, 5) is 12.3. The number of carbonyl (C=O) groups excluding carboxylic acids is 1. The number of ether oxygens (including phenoxy) is 1. The first-order valence-corrected chi connectivity index (χ1v) is 9.30. The van der Waals surface area contributed by atoms with Crippen molar-refractivity contribution in [1.82, 2.24) is 5.32 Å². The van der Waals surface area contributed by atoms with Gasteiger partial charge in [0.1, 0.15) is 16.7 Å². The lowest BCUT2D eigenvalue weighted by atomic mass is 10.0. The fourth-order valence-electron chi connectivity index (χ4n) is 2.40. The van der Waals surface area contributed by atoms with Crippen LogP contribution in [0.5, 0.6) is 5.75 Å². The second-order valence-corrected chi connectivity index (χ2v) is 7.83. The third-order valence-electron chi connectivity index (χ3n) is 3.87. The molecule has 0 aliphatic carbocycles. The van der Waals surface area contributed by atoms with E-state index in [2.05, 4.69) is 43.4 Å². The molecule has 2 aromatic rings. The summed E-state index contributed by atoms with van der Waals surface area (Å²) >= 11 is 6.27. The van der Waals surface area contributed by atoms with Crippen molar-refractivity contribution in [2.24, 2.45) is 0 Å². The maximum Gasteiger partial charge on any atom is 0.263 e. The first-order valence-electron chi connectivity index (χ1n) is 8.08. The number of nitrogens with one attached hydrogen (secondary N) is 1. The summed E-state index contributed by atoms with van der Waals surface area (Å²) in [6.45, 7) is 4.90. The molecule has 0 aromatic heterocycles. The first-order chi connectivity index (χ1) is 12.0. The molecule has 0 unspecified atom stereocenters. The Bertz CT molecular complexity index is 809. The zero-order chi connectivity index (χ0) is 17.8. The predicted molar refractivity (Wildman–Crippen MR) is 108 cm³/mol. The molecule has 1 N–H and O–H groups in total. The Kier molecular flexibility index (Phi) is 5.56. The zero-order valence-corrected chi connectivity index (χ0v) is 15.7. The van der Waals surface area contributed by atoms with Crippen LogP contribution in [0.25, 0.3) is 6.08 Å². The molecule has 0 radical (unpaired) electrons. The standard InChI is InChI=1S/C20H19NO2S2/c1-13(2)16-7-3-15(4-8-16)12-23-17-9-5-14(6-10-17)11-18-19(22)21-20(24)25-18/h3-11,13H,12H2,1-2H3,(H,21,22,24)/b18-11-. The van der Waals surface area contributed by atoms with Gasteiger partial charge in [0.05, 0.1) is 4.91 Å². The predicted octanol–water partition coefficient (Wildman–Crippen LogP) is 4.88. The topological polar surface area (TPSA) is 38.3 Å². The van der Waals surface area contributed by atoms with Crippen LogP contribution in [0, 0.1) is 0 Å². The fraction of sp³-hybridized carbons (Fsp3) is 0.200. The van der Waals surface area contributed by atoms with Gasteiger partial charge in [0, 0.05) is 0 Å². The number of thiocarbonyl (C=S) groups is 1. The van der Waals surface area contributed by atoms with E-state index >= 15 is 0 Å². The molecule has 0 spiro atoms. The van der Waals surface area contributed by atoms with Crippen molar-refractivity contribution in [2.75, 3.05) is 0 Å². The van der Waals surface area contributed by atoms with E-state index in [0.717, 1.165) is 16.9 Å². The highest BCUT2D eigenvalue weighted by Gasteiger charge is 2.21. The first kappa shape index (κ1) is 17.7. The molecular weight excluding hydrogens is 350 g/mol. The summed E-state index contributed by atoms with van der Waals surface area (Å²) in [6, 6.07) is 16.2. The van der Waals surface area contributed by atoms with Crippen molar-refractivity contribution in [2.45, 2.75) is 26.4 Å².